The topological polar surface area (TPSA) is 55.9 Å². The second-order valence-electron chi connectivity index (χ2n) is 4.98. The SMILES string of the molecule is Cc1cc(C)n(CCCNc2ccc(F)cc2C(N)=S)n1. The van der Waals surface area contributed by atoms with Gasteiger partial charge in [-0.2, -0.15) is 5.10 Å². The minimum atomic E-state index is -0.342. The van der Waals surface area contributed by atoms with Crippen molar-refractivity contribution >= 4 is 22.9 Å². The molecule has 112 valence electrons. The Balaban J connectivity index is 1.92. The van der Waals surface area contributed by atoms with E-state index >= 15 is 0 Å². The van der Waals surface area contributed by atoms with Crippen molar-refractivity contribution in [2.24, 2.45) is 5.73 Å². The average molecular weight is 306 g/mol. The minimum absolute atomic E-state index is 0.190. The Bertz CT molecular complexity index is 651. The summed E-state index contributed by atoms with van der Waals surface area (Å²) in [6.45, 7) is 5.59. The summed E-state index contributed by atoms with van der Waals surface area (Å²) >= 11 is 4.94. The molecule has 1 aromatic heterocycles. The van der Waals surface area contributed by atoms with E-state index in [0.29, 0.717) is 5.56 Å². The van der Waals surface area contributed by atoms with Gasteiger partial charge in [0.1, 0.15) is 10.8 Å². The molecule has 0 aliphatic heterocycles. The summed E-state index contributed by atoms with van der Waals surface area (Å²) in [4.78, 5) is 0.190. The van der Waals surface area contributed by atoms with Crippen LogP contribution < -0.4 is 11.1 Å². The summed E-state index contributed by atoms with van der Waals surface area (Å²) in [6, 6.07) is 6.46. The van der Waals surface area contributed by atoms with Crippen LogP contribution in [0.3, 0.4) is 0 Å². The van der Waals surface area contributed by atoms with Gasteiger partial charge in [-0.1, -0.05) is 12.2 Å². The van der Waals surface area contributed by atoms with Crippen LogP contribution in [0.1, 0.15) is 23.4 Å². The van der Waals surface area contributed by atoms with Gasteiger partial charge in [0.05, 0.1) is 5.69 Å². The number of hydrogen-bond donors (Lipinski definition) is 2. The number of halogens is 1. The molecule has 1 heterocycles. The van der Waals surface area contributed by atoms with Gasteiger partial charge < -0.3 is 11.1 Å². The Labute approximate surface area is 129 Å². The van der Waals surface area contributed by atoms with Crippen LogP contribution in [-0.4, -0.2) is 21.3 Å². The summed E-state index contributed by atoms with van der Waals surface area (Å²) in [6.07, 6.45) is 0.899. The smallest absolute Gasteiger partial charge is 0.124 e. The molecule has 21 heavy (non-hydrogen) atoms. The maximum atomic E-state index is 13.2. The van der Waals surface area contributed by atoms with Crippen LogP contribution in [0.4, 0.5) is 10.1 Å². The van der Waals surface area contributed by atoms with E-state index in [1.165, 1.54) is 12.1 Å². The summed E-state index contributed by atoms with van der Waals surface area (Å²) in [5.74, 6) is -0.342. The summed E-state index contributed by atoms with van der Waals surface area (Å²) in [5.41, 5.74) is 9.09. The van der Waals surface area contributed by atoms with E-state index in [1.54, 1.807) is 6.07 Å². The highest BCUT2D eigenvalue weighted by atomic mass is 32.1. The number of thiocarbonyl (C=S) groups is 1. The lowest BCUT2D eigenvalue weighted by Gasteiger charge is -2.11. The molecule has 2 aromatic rings. The maximum Gasteiger partial charge on any atom is 0.124 e. The van der Waals surface area contributed by atoms with Crippen LogP contribution >= 0.6 is 12.2 Å². The third-order valence-electron chi connectivity index (χ3n) is 3.21. The van der Waals surface area contributed by atoms with Gasteiger partial charge in [-0.25, -0.2) is 4.39 Å². The molecule has 0 unspecified atom stereocenters. The first kappa shape index (κ1) is 15.4. The van der Waals surface area contributed by atoms with E-state index in [9.17, 15) is 4.39 Å². The van der Waals surface area contributed by atoms with Crippen LogP contribution in [0.25, 0.3) is 0 Å². The Morgan fingerprint density at radius 1 is 1.38 bits per heavy atom. The van der Waals surface area contributed by atoms with Crippen molar-refractivity contribution in [2.45, 2.75) is 26.8 Å². The Hall–Kier alpha value is -1.95. The average Bonchev–Trinajstić information content (AvgIpc) is 2.74. The molecule has 0 atom stereocenters. The summed E-state index contributed by atoms with van der Waals surface area (Å²) in [7, 11) is 0. The molecule has 0 saturated carbocycles. The lowest BCUT2D eigenvalue weighted by Crippen LogP contribution is -2.15. The number of benzene rings is 1. The lowest BCUT2D eigenvalue weighted by molar-refractivity contribution is 0.573. The van der Waals surface area contributed by atoms with E-state index in [-0.39, 0.29) is 10.8 Å². The number of aryl methyl sites for hydroxylation is 3. The molecule has 3 N–H and O–H groups in total. The van der Waals surface area contributed by atoms with Gasteiger partial charge in [-0.3, -0.25) is 4.68 Å². The zero-order valence-corrected chi connectivity index (χ0v) is 13.0. The standard InChI is InChI=1S/C15H19FN4S/c1-10-8-11(2)20(19-10)7-3-6-18-14-5-4-12(16)9-13(14)15(17)21/h4-5,8-9,18H,3,6-7H2,1-2H3,(H2,17,21). The molecule has 0 spiro atoms. The molecule has 0 amide bonds. The van der Waals surface area contributed by atoms with E-state index in [0.717, 1.165) is 36.6 Å². The second-order valence-corrected chi connectivity index (χ2v) is 5.42. The van der Waals surface area contributed by atoms with Crippen LogP contribution in [0.5, 0.6) is 0 Å². The fourth-order valence-corrected chi connectivity index (χ4v) is 2.40. The molecule has 0 aliphatic rings. The molecular formula is C15H19FN4S. The van der Waals surface area contributed by atoms with E-state index in [4.69, 9.17) is 18.0 Å². The highest BCUT2D eigenvalue weighted by molar-refractivity contribution is 7.80. The predicted octanol–water partition coefficient (Wildman–Crippen LogP) is 2.78. The lowest BCUT2D eigenvalue weighted by atomic mass is 10.1. The molecule has 6 heteroatoms. The maximum absolute atomic E-state index is 13.2. The van der Waals surface area contributed by atoms with Crippen molar-refractivity contribution in [1.29, 1.82) is 0 Å². The number of nitrogens with zero attached hydrogens (tertiary/aromatic N) is 2. The van der Waals surface area contributed by atoms with E-state index in [1.807, 2.05) is 18.5 Å². The van der Waals surface area contributed by atoms with Gasteiger partial charge in [-0.15, -0.1) is 0 Å². The van der Waals surface area contributed by atoms with Crippen molar-refractivity contribution < 1.29 is 4.39 Å². The van der Waals surface area contributed by atoms with E-state index < -0.39 is 0 Å². The fraction of sp³-hybridized carbons (Fsp3) is 0.333. The summed E-state index contributed by atoms with van der Waals surface area (Å²) in [5, 5.41) is 7.65. The molecular weight excluding hydrogens is 287 g/mol. The van der Waals surface area contributed by atoms with Crippen LogP contribution in [0, 0.1) is 19.7 Å². The van der Waals surface area contributed by atoms with Crippen molar-refractivity contribution in [2.75, 3.05) is 11.9 Å². The van der Waals surface area contributed by atoms with Gasteiger partial charge in [-0.05, 0) is 44.5 Å². The van der Waals surface area contributed by atoms with Crippen molar-refractivity contribution in [3.05, 3.63) is 47.0 Å². The zero-order chi connectivity index (χ0) is 15.4. The Kier molecular flexibility index (Phi) is 4.90. The van der Waals surface area contributed by atoms with Gasteiger partial charge in [0, 0.05) is 30.0 Å². The van der Waals surface area contributed by atoms with Crippen molar-refractivity contribution in [1.82, 2.24) is 9.78 Å². The molecule has 0 aliphatic carbocycles. The molecule has 0 fully saturated rings. The van der Waals surface area contributed by atoms with Gasteiger partial charge in [0.25, 0.3) is 0 Å². The highest BCUT2D eigenvalue weighted by Crippen LogP contribution is 2.17. The van der Waals surface area contributed by atoms with Gasteiger partial charge >= 0.3 is 0 Å². The molecule has 0 radical (unpaired) electrons. The molecule has 0 saturated heterocycles. The highest BCUT2D eigenvalue weighted by Gasteiger charge is 2.06. The number of hydrogen-bond acceptors (Lipinski definition) is 3. The first-order valence-corrected chi connectivity index (χ1v) is 7.22. The van der Waals surface area contributed by atoms with Crippen LogP contribution in [0.2, 0.25) is 0 Å². The van der Waals surface area contributed by atoms with E-state index in [2.05, 4.69) is 16.5 Å². The molecule has 4 nitrogen and oxygen atoms in total. The zero-order valence-electron chi connectivity index (χ0n) is 12.2. The first-order chi connectivity index (χ1) is 9.97. The number of anilines is 1. The first-order valence-electron chi connectivity index (χ1n) is 6.81. The predicted molar refractivity (Wildman–Crippen MR) is 87.1 cm³/mol. The fourth-order valence-electron chi connectivity index (χ4n) is 2.23. The Morgan fingerprint density at radius 2 is 2.14 bits per heavy atom. The molecule has 2 rings (SSSR count). The number of nitrogens with two attached hydrogens (primary N) is 1. The third-order valence-corrected chi connectivity index (χ3v) is 3.43. The van der Waals surface area contributed by atoms with Gasteiger partial charge in [0.2, 0.25) is 0 Å². The quantitative estimate of drug-likeness (QED) is 0.636. The molecule has 0 bridgehead atoms. The van der Waals surface area contributed by atoms with Crippen LogP contribution in [-0.2, 0) is 6.54 Å². The number of aromatic nitrogens is 2. The normalized spacial score (nSPS) is 10.6. The monoisotopic (exact) mass is 306 g/mol. The second kappa shape index (κ2) is 6.67. The molecule has 1 aromatic carbocycles. The minimum Gasteiger partial charge on any atom is -0.389 e. The summed E-state index contributed by atoms with van der Waals surface area (Å²) < 4.78 is 15.2. The van der Waals surface area contributed by atoms with Crippen LogP contribution in [0.15, 0.2) is 24.3 Å². The van der Waals surface area contributed by atoms with Crippen molar-refractivity contribution in [3.63, 3.8) is 0 Å². The number of rotatable bonds is 6. The van der Waals surface area contributed by atoms with Crippen molar-refractivity contribution in [3.8, 4) is 0 Å². The third kappa shape index (κ3) is 4.01. The van der Waals surface area contributed by atoms with Gasteiger partial charge in [0.15, 0.2) is 0 Å². The Morgan fingerprint density at radius 3 is 2.76 bits per heavy atom. The number of nitrogens with one attached hydrogen (secondary N) is 1. The largest absolute Gasteiger partial charge is 0.389 e.